The fourth-order valence-electron chi connectivity index (χ4n) is 3.36. The second kappa shape index (κ2) is 8.75. The fraction of sp³-hybridized carbons (Fsp3) is 0.0417. The van der Waals surface area contributed by atoms with Gasteiger partial charge in [0.15, 0.2) is 0 Å². The van der Waals surface area contributed by atoms with Gasteiger partial charge in [0.25, 0.3) is 10.1 Å². The van der Waals surface area contributed by atoms with Crippen molar-refractivity contribution in [2.45, 2.75) is 11.3 Å². The van der Waals surface area contributed by atoms with Crippen molar-refractivity contribution < 1.29 is 13.0 Å². The smallest absolute Gasteiger partial charge is 0.282 e. The predicted octanol–water partition coefficient (Wildman–Crippen LogP) is 5.97. The molecule has 1 aromatic heterocycles. The van der Waals surface area contributed by atoms with Gasteiger partial charge in [-0.2, -0.15) is 12.8 Å². The van der Waals surface area contributed by atoms with Crippen LogP contribution >= 0.6 is 11.5 Å². The summed E-state index contributed by atoms with van der Waals surface area (Å²) in [6.45, 7) is 0. The minimum absolute atomic E-state index is 0.00412. The van der Waals surface area contributed by atoms with E-state index in [0.29, 0.717) is 17.4 Å². The minimum Gasteiger partial charge on any atom is -0.282 e. The molecule has 5 rings (SSSR count). The average molecular weight is 434 g/mol. The highest BCUT2D eigenvalue weighted by atomic mass is 32.2. The van der Waals surface area contributed by atoms with Gasteiger partial charge in [0.1, 0.15) is 4.90 Å². The van der Waals surface area contributed by atoms with E-state index in [1.54, 1.807) is 18.2 Å². The standard InChI is InChI=1S/C17H14O3S.C7H5NS/c18-21(19,20)17-15(12-13-6-2-1-3-7-13)11-10-14-8-4-5-9-16(14)17;1-2-4-7-6(3-1)5-8-9-7/h1-11H,12H2,(H,18,19,20);1-5H. The molecule has 0 atom stereocenters. The lowest BCUT2D eigenvalue weighted by molar-refractivity contribution is 0.483. The maximum absolute atomic E-state index is 11.8. The van der Waals surface area contributed by atoms with Crippen molar-refractivity contribution in [3.05, 3.63) is 108 Å². The molecule has 0 saturated heterocycles. The van der Waals surface area contributed by atoms with Crippen LogP contribution in [0.4, 0.5) is 0 Å². The van der Waals surface area contributed by atoms with Crippen LogP contribution in [0.1, 0.15) is 11.1 Å². The third kappa shape index (κ3) is 4.57. The van der Waals surface area contributed by atoms with Crippen LogP contribution in [0.3, 0.4) is 0 Å². The van der Waals surface area contributed by atoms with Crippen LogP contribution in [0, 0.1) is 0 Å². The lowest BCUT2D eigenvalue weighted by Crippen LogP contribution is -2.05. The van der Waals surface area contributed by atoms with Crippen LogP contribution in [0.2, 0.25) is 0 Å². The molecule has 0 spiro atoms. The van der Waals surface area contributed by atoms with Crippen molar-refractivity contribution in [2.75, 3.05) is 0 Å². The van der Waals surface area contributed by atoms with Crippen LogP contribution < -0.4 is 0 Å². The van der Waals surface area contributed by atoms with Gasteiger partial charge in [0, 0.05) is 17.0 Å². The zero-order chi connectivity index (χ0) is 21.0. The van der Waals surface area contributed by atoms with Crippen LogP contribution in [-0.2, 0) is 16.5 Å². The number of hydrogen-bond acceptors (Lipinski definition) is 4. The molecule has 0 amide bonds. The summed E-state index contributed by atoms with van der Waals surface area (Å²) < 4.78 is 38.5. The second-order valence-corrected chi connectivity index (χ2v) is 8.97. The Morgan fingerprint density at radius 2 is 1.43 bits per heavy atom. The second-order valence-electron chi connectivity index (χ2n) is 6.78. The number of rotatable bonds is 3. The average Bonchev–Trinajstić information content (AvgIpc) is 3.23. The topological polar surface area (TPSA) is 67.3 Å². The van der Waals surface area contributed by atoms with E-state index >= 15 is 0 Å². The summed E-state index contributed by atoms with van der Waals surface area (Å²) in [5, 5.41) is 2.58. The molecule has 0 aliphatic rings. The molecule has 1 heterocycles. The highest BCUT2D eigenvalue weighted by Crippen LogP contribution is 2.28. The number of benzene rings is 4. The normalized spacial score (nSPS) is 11.2. The Bertz CT molecular complexity index is 1360. The quantitative estimate of drug-likeness (QED) is 0.356. The molecule has 4 nitrogen and oxygen atoms in total. The third-order valence-corrected chi connectivity index (χ3v) is 6.50. The Labute approximate surface area is 179 Å². The maximum atomic E-state index is 11.8. The predicted molar refractivity (Wildman–Crippen MR) is 123 cm³/mol. The first-order valence-electron chi connectivity index (χ1n) is 9.34. The fourth-order valence-corrected chi connectivity index (χ4v) is 4.94. The molecular weight excluding hydrogens is 414 g/mol. The van der Waals surface area contributed by atoms with Gasteiger partial charge in [-0.1, -0.05) is 84.9 Å². The van der Waals surface area contributed by atoms with E-state index in [-0.39, 0.29) is 4.90 Å². The summed E-state index contributed by atoms with van der Waals surface area (Å²) in [4.78, 5) is 0.00412. The largest absolute Gasteiger partial charge is 0.295 e. The highest BCUT2D eigenvalue weighted by molar-refractivity contribution is 7.86. The van der Waals surface area contributed by atoms with Gasteiger partial charge in [0.2, 0.25) is 0 Å². The molecule has 5 aromatic rings. The highest BCUT2D eigenvalue weighted by Gasteiger charge is 2.19. The van der Waals surface area contributed by atoms with Crippen molar-refractivity contribution in [1.29, 1.82) is 0 Å². The van der Waals surface area contributed by atoms with E-state index in [9.17, 15) is 13.0 Å². The van der Waals surface area contributed by atoms with Crippen molar-refractivity contribution in [2.24, 2.45) is 0 Å². The zero-order valence-corrected chi connectivity index (χ0v) is 17.6. The number of hydrogen-bond donors (Lipinski definition) is 1. The molecule has 150 valence electrons. The Morgan fingerprint density at radius 3 is 2.17 bits per heavy atom. The van der Waals surface area contributed by atoms with Gasteiger partial charge < -0.3 is 0 Å². The Morgan fingerprint density at radius 1 is 0.767 bits per heavy atom. The lowest BCUT2D eigenvalue weighted by Gasteiger charge is -2.11. The van der Waals surface area contributed by atoms with Gasteiger partial charge >= 0.3 is 0 Å². The van der Waals surface area contributed by atoms with Gasteiger partial charge in [-0.05, 0) is 40.5 Å². The molecule has 0 bridgehead atoms. The van der Waals surface area contributed by atoms with Gasteiger partial charge in [-0.15, -0.1) is 0 Å². The SMILES string of the molecule is O=S(=O)(O)c1c(Cc2ccccc2)ccc2ccccc12.c1ccc2sncc2c1. The monoisotopic (exact) mass is 433 g/mol. The number of fused-ring (bicyclic) bond motifs is 2. The molecule has 0 radical (unpaired) electrons. The summed E-state index contributed by atoms with van der Waals surface area (Å²) in [6, 6.07) is 28.6. The number of aromatic nitrogens is 1. The Hall–Kier alpha value is -3.06. The third-order valence-electron chi connectivity index (χ3n) is 4.72. The van der Waals surface area contributed by atoms with E-state index in [0.717, 1.165) is 10.9 Å². The van der Waals surface area contributed by atoms with Crippen molar-refractivity contribution in [3.63, 3.8) is 0 Å². The molecule has 0 saturated carbocycles. The number of nitrogens with zero attached hydrogens (tertiary/aromatic N) is 1. The molecule has 0 aliphatic carbocycles. The molecule has 1 N–H and O–H groups in total. The lowest BCUT2D eigenvalue weighted by atomic mass is 10.0. The molecule has 0 aliphatic heterocycles. The van der Waals surface area contributed by atoms with Crippen molar-refractivity contribution >= 4 is 42.5 Å². The van der Waals surface area contributed by atoms with Crippen molar-refractivity contribution in [3.8, 4) is 0 Å². The molecular formula is C24H19NO3S2. The summed E-state index contributed by atoms with van der Waals surface area (Å²) in [6.07, 6.45) is 2.35. The summed E-state index contributed by atoms with van der Waals surface area (Å²) in [7, 11) is -4.28. The first-order valence-corrected chi connectivity index (χ1v) is 11.6. The summed E-state index contributed by atoms with van der Waals surface area (Å²) in [5.74, 6) is 0. The van der Waals surface area contributed by atoms with Crippen molar-refractivity contribution in [1.82, 2.24) is 4.37 Å². The molecule has 4 aromatic carbocycles. The summed E-state index contributed by atoms with van der Waals surface area (Å²) in [5.41, 5.74) is 1.60. The zero-order valence-electron chi connectivity index (χ0n) is 16.0. The Kier molecular flexibility index (Phi) is 5.90. The van der Waals surface area contributed by atoms with Crippen LogP contribution in [0.15, 0.2) is 102 Å². The van der Waals surface area contributed by atoms with Crippen LogP contribution in [0.25, 0.3) is 20.9 Å². The van der Waals surface area contributed by atoms with E-state index in [1.165, 1.54) is 21.6 Å². The van der Waals surface area contributed by atoms with Crippen LogP contribution in [-0.4, -0.2) is 17.3 Å². The van der Waals surface area contributed by atoms with Gasteiger partial charge in [-0.25, -0.2) is 0 Å². The van der Waals surface area contributed by atoms with Gasteiger partial charge in [-0.3, -0.25) is 4.55 Å². The Balaban J connectivity index is 0.000000200. The first kappa shape index (κ1) is 20.2. The van der Waals surface area contributed by atoms with Crippen LogP contribution in [0.5, 0.6) is 0 Å². The molecule has 30 heavy (non-hydrogen) atoms. The van der Waals surface area contributed by atoms with E-state index in [2.05, 4.69) is 16.5 Å². The van der Waals surface area contributed by atoms with E-state index in [1.807, 2.05) is 66.9 Å². The first-order chi connectivity index (χ1) is 14.5. The van der Waals surface area contributed by atoms with Gasteiger partial charge in [0.05, 0.1) is 4.70 Å². The minimum atomic E-state index is -4.28. The molecule has 0 fully saturated rings. The maximum Gasteiger partial charge on any atom is 0.295 e. The molecule has 6 heteroatoms. The van der Waals surface area contributed by atoms with E-state index < -0.39 is 10.1 Å². The van der Waals surface area contributed by atoms with E-state index in [4.69, 9.17) is 0 Å². The summed E-state index contributed by atoms with van der Waals surface area (Å²) >= 11 is 1.54. The molecule has 0 unspecified atom stereocenters.